The van der Waals surface area contributed by atoms with E-state index in [0.29, 0.717) is 37.8 Å². The molecule has 0 spiro atoms. The minimum atomic E-state index is -0.786. The van der Waals surface area contributed by atoms with Gasteiger partial charge in [-0.15, -0.1) is 0 Å². The molecule has 3 fully saturated rings. The minimum absolute atomic E-state index is 0.0273. The lowest BCUT2D eigenvalue weighted by Gasteiger charge is -2.30. The van der Waals surface area contributed by atoms with Gasteiger partial charge in [0.15, 0.2) is 0 Å². The van der Waals surface area contributed by atoms with Gasteiger partial charge in [-0.3, -0.25) is 14.4 Å². The Kier molecular flexibility index (Phi) is 13.3. The van der Waals surface area contributed by atoms with E-state index in [-0.39, 0.29) is 52.8 Å². The molecular weight excluding hydrogens is 817 g/mol. The summed E-state index contributed by atoms with van der Waals surface area (Å²) in [6, 6.07) is 24.0. The number of carbonyl (C=O) groups excluding carboxylic acids is 4. The van der Waals surface area contributed by atoms with Crippen LogP contribution in [0, 0.1) is 17.8 Å². The van der Waals surface area contributed by atoms with Crippen LogP contribution in [0.1, 0.15) is 74.9 Å². The first kappa shape index (κ1) is 43.7. The third-order valence-electron chi connectivity index (χ3n) is 12.5. The van der Waals surface area contributed by atoms with E-state index < -0.39 is 18.2 Å². The van der Waals surface area contributed by atoms with E-state index in [4.69, 9.17) is 19.4 Å². The van der Waals surface area contributed by atoms with Crippen LogP contribution in [-0.2, 0) is 23.9 Å². The monoisotopic (exact) mass is 872 g/mol. The lowest BCUT2D eigenvalue weighted by atomic mass is 10.0. The van der Waals surface area contributed by atoms with Crippen LogP contribution in [0.5, 0.6) is 0 Å². The highest BCUT2D eigenvalue weighted by Gasteiger charge is 2.43. The van der Waals surface area contributed by atoms with E-state index in [9.17, 15) is 19.2 Å². The highest BCUT2D eigenvalue weighted by atomic mass is 32.2. The molecule has 2 aliphatic heterocycles. The highest BCUT2D eigenvalue weighted by molar-refractivity contribution is 7.99. The standard InChI is InChI=1S/C48H56N8O6S/c1-28(2)41(54-48(60)62-4)46(58)56-26-36(63-5)22-40(56)44-50-24-38(52-44)33-17-13-31(14-18-33)30-11-15-32(16-12-30)37-23-49-43(51-37)39-21-29(27-61-3)25-55(39)47(59)42(34-9-7-6-8-10-34)53-45(57)35-19-20-35/h6-18,23-24,28-29,35-36,39-42H,19-22,25-27H2,1-5H3,(H,49,51)(H,50,52)(H,53,57)(H,54,60). The molecule has 0 bridgehead atoms. The first-order valence-corrected chi connectivity index (χ1v) is 23.0. The second-order valence-electron chi connectivity index (χ2n) is 17.2. The van der Waals surface area contributed by atoms with Gasteiger partial charge in [-0.25, -0.2) is 14.8 Å². The summed E-state index contributed by atoms with van der Waals surface area (Å²) in [6.45, 7) is 5.40. The van der Waals surface area contributed by atoms with Crippen molar-refractivity contribution >= 4 is 35.6 Å². The van der Waals surface area contributed by atoms with Crippen molar-refractivity contribution in [2.24, 2.45) is 17.8 Å². The lowest BCUT2D eigenvalue weighted by Crippen LogP contribution is -2.51. The van der Waals surface area contributed by atoms with Gasteiger partial charge in [-0.05, 0) is 65.7 Å². The van der Waals surface area contributed by atoms with E-state index in [0.717, 1.165) is 58.5 Å². The molecule has 14 nitrogen and oxygen atoms in total. The van der Waals surface area contributed by atoms with Crippen LogP contribution in [0.25, 0.3) is 33.6 Å². The van der Waals surface area contributed by atoms with Crippen molar-refractivity contribution in [3.8, 4) is 33.6 Å². The summed E-state index contributed by atoms with van der Waals surface area (Å²) in [5.41, 5.74) is 6.49. The number of imidazole rings is 2. The first-order chi connectivity index (χ1) is 30.5. The van der Waals surface area contributed by atoms with Crippen LogP contribution in [0.3, 0.4) is 0 Å². The second-order valence-corrected chi connectivity index (χ2v) is 18.3. The van der Waals surface area contributed by atoms with Gasteiger partial charge >= 0.3 is 6.09 Å². The molecule has 3 aliphatic rings. The van der Waals surface area contributed by atoms with E-state index in [1.807, 2.05) is 66.4 Å². The fourth-order valence-electron chi connectivity index (χ4n) is 8.83. The fraction of sp³-hybridized carbons (Fsp3) is 0.417. The van der Waals surface area contributed by atoms with Gasteiger partial charge in [0.25, 0.3) is 0 Å². The van der Waals surface area contributed by atoms with Crippen molar-refractivity contribution in [1.82, 2.24) is 40.4 Å². The number of aromatic nitrogens is 4. The Morgan fingerprint density at radius 2 is 1.30 bits per heavy atom. The van der Waals surface area contributed by atoms with Gasteiger partial charge < -0.3 is 39.9 Å². The maximum Gasteiger partial charge on any atom is 0.407 e. The normalized spacial score (nSPS) is 20.7. The summed E-state index contributed by atoms with van der Waals surface area (Å²) in [5, 5.41) is 6.03. The molecule has 8 rings (SSSR count). The molecule has 3 aromatic carbocycles. The van der Waals surface area contributed by atoms with Crippen molar-refractivity contribution in [2.45, 2.75) is 68.9 Å². The summed E-state index contributed by atoms with van der Waals surface area (Å²) in [7, 11) is 2.97. The Labute approximate surface area is 372 Å². The van der Waals surface area contributed by atoms with Gasteiger partial charge in [-0.2, -0.15) is 11.8 Å². The SMILES string of the molecule is COCC1CC(c2ncc(-c3ccc(-c4ccc(-c5cnc(C6CC(SC)CN6C(=O)C(NC(=O)OC)C(C)C)[nH]5)cc4)cc3)[nH]2)N(C(=O)C(NC(=O)C2CC2)c2ccccc2)C1. The van der Waals surface area contributed by atoms with Crippen molar-refractivity contribution in [2.75, 3.05) is 40.2 Å². The number of nitrogens with zero attached hydrogens (tertiary/aromatic N) is 4. The second kappa shape index (κ2) is 19.2. The summed E-state index contributed by atoms with van der Waals surface area (Å²) >= 11 is 1.72. The molecule has 2 saturated heterocycles. The smallest absolute Gasteiger partial charge is 0.407 e. The zero-order valence-corrected chi connectivity index (χ0v) is 37.2. The Morgan fingerprint density at radius 1 is 0.746 bits per heavy atom. The van der Waals surface area contributed by atoms with E-state index in [1.165, 1.54) is 7.11 Å². The molecule has 1 saturated carbocycles. The third-order valence-corrected chi connectivity index (χ3v) is 13.5. The number of H-pyrrole nitrogens is 2. The fourth-order valence-corrected chi connectivity index (χ4v) is 9.51. The first-order valence-electron chi connectivity index (χ1n) is 21.7. The molecule has 330 valence electrons. The number of likely N-dealkylation sites (tertiary alicyclic amines) is 2. The van der Waals surface area contributed by atoms with Crippen molar-refractivity contribution in [3.05, 3.63) is 108 Å². The zero-order chi connectivity index (χ0) is 44.2. The summed E-state index contributed by atoms with van der Waals surface area (Å²) in [4.78, 5) is 73.5. The third kappa shape index (κ3) is 9.69. The molecule has 4 N–H and O–H groups in total. The lowest BCUT2D eigenvalue weighted by molar-refractivity contribution is -0.138. The van der Waals surface area contributed by atoms with E-state index >= 15 is 0 Å². The van der Waals surface area contributed by atoms with Gasteiger partial charge in [0, 0.05) is 37.3 Å². The number of thioether (sulfide) groups is 1. The predicted molar refractivity (Wildman–Crippen MR) is 242 cm³/mol. The Morgan fingerprint density at radius 3 is 1.83 bits per heavy atom. The number of nitrogens with one attached hydrogen (secondary N) is 4. The Bertz CT molecular complexity index is 2380. The number of hydrogen-bond donors (Lipinski definition) is 4. The van der Waals surface area contributed by atoms with Gasteiger partial charge in [0.1, 0.15) is 23.7 Å². The van der Waals surface area contributed by atoms with Crippen LogP contribution >= 0.6 is 11.8 Å². The van der Waals surface area contributed by atoms with Crippen molar-refractivity contribution < 1.29 is 28.7 Å². The molecule has 0 radical (unpaired) electrons. The van der Waals surface area contributed by atoms with E-state index in [2.05, 4.69) is 75.4 Å². The number of carbonyl (C=O) groups is 4. The molecular formula is C48H56N8O6S. The Balaban J connectivity index is 0.953. The Hall–Kier alpha value is -5.93. The average Bonchev–Trinajstić information content (AvgIpc) is 3.66. The predicted octanol–water partition coefficient (Wildman–Crippen LogP) is 7.32. The largest absolute Gasteiger partial charge is 0.453 e. The molecule has 4 amide bonds. The molecule has 4 heterocycles. The number of amides is 4. The maximum atomic E-state index is 14.4. The minimum Gasteiger partial charge on any atom is -0.453 e. The number of methoxy groups -OCH3 is 2. The number of aromatic amines is 2. The molecule has 6 unspecified atom stereocenters. The summed E-state index contributed by atoms with van der Waals surface area (Å²) in [6.07, 6.45) is 8.19. The number of alkyl carbamates (subject to hydrolysis) is 1. The summed E-state index contributed by atoms with van der Waals surface area (Å²) in [5.74, 6) is 1.01. The average molecular weight is 873 g/mol. The molecule has 63 heavy (non-hydrogen) atoms. The van der Waals surface area contributed by atoms with Crippen molar-refractivity contribution in [3.63, 3.8) is 0 Å². The number of hydrogen-bond acceptors (Lipinski definition) is 9. The molecule has 5 aromatic rings. The van der Waals surface area contributed by atoms with Crippen LogP contribution in [0.4, 0.5) is 4.79 Å². The molecule has 2 aromatic heterocycles. The van der Waals surface area contributed by atoms with E-state index in [1.54, 1.807) is 18.9 Å². The van der Waals surface area contributed by atoms with Gasteiger partial charge in [0.05, 0.1) is 49.6 Å². The van der Waals surface area contributed by atoms with Crippen LogP contribution in [0.15, 0.2) is 91.3 Å². The van der Waals surface area contributed by atoms with Gasteiger partial charge in [0.2, 0.25) is 17.7 Å². The number of rotatable bonds is 15. The van der Waals surface area contributed by atoms with Crippen LogP contribution in [0.2, 0.25) is 0 Å². The maximum absolute atomic E-state index is 14.4. The topological polar surface area (TPSA) is 175 Å². The quantitative estimate of drug-likeness (QED) is 0.0841. The van der Waals surface area contributed by atoms with Crippen molar-refractivity contribution in [1.29, 1.82) is 0 Å². The number of benzene rings is 3. The number of ether oxygens (including phenoxy) is 2. The van der Waals surface area contributed by atoms with Crippen LogP contribution in [-0.4, -0.2) is 105 Å². The highest BCUT2D eigenvalue weighted by Crippen LogP contribution is 2.39. The van der Waals surface area contributed by atoms with Gasteiger partial charge in [-0.1, -0.05) is 92.7 Å². The summed E-state index contributed by atoms with van der Waals surface area (Å²) < 4.78 is 10.3. The zero-order valence-electron chi connectivity index (χ0n) is 36.4. The molecule has 6 atom stereocenters. The molecule has 15 heteroatoms. The van der Waals surface area contributed by atoms with Crippen LogP contribution < -0.4 is 10.6 Å². The molecule has 1 aliphatic carbocycles.